The number of hydrogen-bond donors (Lipinski definition) is 1. The highest BCUT2D eigenvalue weighted by Gasteiger charge is 2.16. The van der Waals surface area contributed by atoms with Gasteiger partial charge in [0, 0.05) is 18.6 Å². The van der Waals surface area contributed by atoms with E-state index in [1.165, 1.54) is 38.5 Å². The summed E-state index contributed by atoms with van der Waals surface area (Å²) in [5.41, 5.74) is 0.261. The van der Waals surface area contributed by atoms with Crippen molar-refractivity contribution in [1.82, 2.24) is 5.32 Å². The fourth-order valence-corrected chi connectivity index (χ4v) is 1.86. The lowest BCUT2D eigenvalue weighted by Crippen LogP contribution is -2.31. The van der Waals surface area contributed by atoms with Crippen molar-refractivity contribution >= 4 is 0 Å². The molecule has 2 heteroatoms. The molecule has 0 saturated heterocycles. The highest BCUT2D eigenvalue weighted by Crippen LogP contribution is 2.14. The molecule has 0 bridgehead atoms. The number of unbranched alkanes of at least 4 members (excludes halogenated alkanes) is 5. The third-order valence-corrected chi connectivity index (χ3v) is 2.79. The molecule has 0 aliphatic carbocycles. The van der Waals surface area contributed by atoms with Gasteiger partial charge in [0.25, 0.3) is 0 Å². The van der Waals surface area contributed by atoms with Gasteiger partial charge in [0.05, 0.1) is 6.61 Å². The van der Waals surface area contributed by atoms with Crippen LogP contribution in [0.5, 0.6) is 0 Å². The molecule has 16 heavy (non-hydrogen) atoms. The Bertz CT molecular complexity index is 146. The van der Waals surface area contributed by atoms with Crippen molar-refractivity contribution in [2.24, 2.45) is 5.41 Å². The minimum atomic E-state index is 0.261. The summed E-state index contributed by atoms with van der Waals surface area (Å²) in [6.07, 6.45) is 8.02. The quantitative estimate of drug-likeness (QED) is 0.546. The summed E-state index contributed by atoms with van der Waals surface area (Å²) in [5, 5.41) is 3.20. The largest absolute Gasteiger partial charge is 0.381 e. The zero-order chi connectivity index (χ0) is 12.3. The van der Waals surface area contributed by atoms with Gasteiger partial charge >= 0.3 is 0 Å². The van der Waals surface area contributed by atoms with Crippen LogP contribution in [0.4, 0.5) is 0 Å². The van der Waals surface area contributed by atoms with Crippen molar-refractivity contribution in [1.29, 1.82) is 0 Å². The second-order valence-corrected chi connectivity index (χ2v) is 5.51. The van der Waals surface area contributed by atoms with Crippen LogP contribution in [0.3, 0.4) is 0 Å². The second-order valence-electron chi connectivity index (χ2n) is 5.51. The topological polar surface area (TPSA) is 21.3 Å². The maximum atomic E-state index is 5.72. The van der Waals surface area contributed by atoms with E-state index in [9.17, 15) is 0 Å². The molecule has 0 atom stereocenters. The smallest absolute Gasteiger partial charge is 0.0529 e. The Labute approximate surface area is 102 Å². The summed E-state index contributed by atoms with van der Waals surface area (Å²) in [6.45, 7) is 9.55. The molecule has 0 saturated carbocycles. The molecule has 0 aromatic carbocycles. The lowest BCUT2D eigenvalue weighted by atomic mass is 9.95. The van der Waals surface area contributed by atoms with Crippen molar-refractivity contribution in [2.45, 2.75) is 59.3 Å². The van der Waals surface area contributed by atoms with Crippen LogP contribution in [0.25, 0.3) is 0 Å². The Balaban J connectivity index is 3.20. The summed E-state index contributed by atoms with van der Waals surface area (Å²) >= 11 is 0. The van der Waals surface area contributed by atoms with Gasteiger partial charge in [-0.1, -0.05) is 52.9 Å². The van der Waals surface area contributed by atoms with E-state index in [0.717, 1.165) is 19.8 Å². The normalized spacial score (nSPS) is 12.0. The monoisotopic (exact) mass is 229 g/mol. The van der Waals surface area contributed by atoms with Gasteiger partial charge in [0.15, 0.2) is 0 Å². The highest BCUT2D eigenvalue weighted by atomic mass is 16.5. The summed E-state index contributed by atoms with van der Waals surface area (Å²) in [7, 11) is 2.00. The molecule has 0 aliphatic rings. The average Bonchev–Trinajstić information content (AvgIpc) is 2.22. The van der Waals surface area contributed by atoms with Crippen molar-refractivity contribution in [3.05, 3.63) is 0 Å². The summed E-state index contributed by atoms with van der Waals surface area (Å²) in [4.78, 5) is 0. The molecule has 0 heterocycles. The Morgan fingerprint density at radius 3 is 2.25 bits per heavy atom. The van der Waals surface area contributed by atoms with Crippen molar-refractivity contribution < 1.29 is 4.74 Å². The molecule has 0 radical (unpaired) electrons. The minimum Gasteiger partial charge on any atom is -0.381 e. The molecule has 0 aromatic heterocycles. The third-order valence-electron chi connectivity index (χ3n) is 2.79. The number of rotatable bonds is 11. The predicted molar refractivity (Wildman–Crippen MR) is 71.9 cm³/mol. The zero-order valence-corrected chi connectivity index (χ0v) is 11.8. The van der Waals surface area contributed by atoms with Crippen LogP contribution < -0.4 is 5.32 Å². The molecule has 98 valence electrons. The SMILES string of the molecule is CCCCCCCCOCC(C)(C)CNC. The lowest BCUT2D eigenvalue weighted by Gasteiger charge is -2.23. The summed E-state index contributed by atoms with van der Waals surface area (Å²) in [5.74, 6) is 0. The molecule has 0 unspecified atom stereocenters. The highest BCUT2D eigenvalue weighted by molar-refractivity contribution is 4.69. The van der Waals surface area contributed by atoms with Gasteiger partial charge in [-0.05, 0) is 13.5 Å². The molecule has 0 aliphatic heterocycles. The van der Waals surface area contributed by atoms with Crippen LogP contribution in [-0.4, -0.2) is 26.8 Å². The maximum Gasteiger partial charge on any atom is 0.0529 e. The van der Waals surface area contributed by atoms with E-state index < -0.39 is 0 Å². The molecule has 0 fully saturated rings. The van der Waals surface area contributed by atoms with Gasteiger partial charge in [-0.15, -0.1) is 0 Å². The molecular weight excluding hydrogens is 198 g/mol. The molecule has 0 amide bonds. The summed E-state index contributed by atoms with van der Waals surface area (Å²) < 4.78 is 5.72. The first-order chi connectivity index (χ1) is 7.62. The molecule has 0 rings (SSSR count). The van der Waals surface area contributed by atoms with Crippen LogP contribution in [0.1, 0.15) is 59.3 Å². The maximum absolute atomic E-state index is 5.72. The Kier molecular flexibility index (Phi) is 10.0. The standard InChI is InChI=1S/C14H31NO/c1-5-6-7-8-9-10-11-16-13-14(2,3)12-15-4/h15H,5-13H2,1-4H3. The van der Waals surface area contributed by atoms with Gasteiger partial charge in [-0.2, -0.15) is 0 Å². The van der Waals surface area contributed by atoms with Gasteiger partial charge in [-0.3, -0.25) is 0 Å². The van der Waals surface area contributed by atoms with E-state index in [0.29, 0.717) is 0 Å². The lowest BCUT2D eigenvalue weighted by molar-refractivity contribution is 0.0606. The van der Waals surface area contributed by atoms with Gasteiger partial charge < -0.3 is 10.1 Å². The number of ether oxygens (including phenoxy) is 1. The first-order valence-electron chi connectivity index (χ1n) is 6.85. The molecule has 0 spiro atoms. The Hall–Kier alpha value is -0.0800. The minimum absolute atomic E-state index is 0.261. The average molecular weight is 229 g/mol. The molecule has 0 aromatic rings. The molecule has 1 N–H and O–H groups in total. The third kappa shape index (κ3) is 10.4. The van der Waals surface area contributed by atoms with Gasteiger partial charge in [0.2, 0.25) is 0 Å². The molecular formula is C14H31NO. The fourth-order valence-electron chi connectivity index (χ4n) is 1.86. The van der Waals surface area contributed by atoms with E-state index >= 15 is 0 Å². The van der Waals surface area contributed by atoms with Gasteiger partial charge in [-0.25, -0.2) is 0 Å². The van der Waals surface area contributed by atoms with Crippen molar-refractivity contribution in [2.75, 3.05) is 26.8 Å². The summed E-state index contributed by atoms with van der Waals surface area (Å²) in [6, 6.07) is 0. The first-order valence-corrected chi connectivity index (χ1v) is 6.85. The predicted octanol–water partition coefficient (Wildman–Crippen LogP) is 3.61. The van der Waals surface area contributed by atoms with Gasteiger partial charge in [0.1, 0.15) is 0 Å². The van der Waals surface area contributed by atoms with Crippen LogP contribution in [0.2, 0.25) is 0 Å². The van der Waals surface area contributed by atoms with Crippen LogP contribution in [0.15, 0.2) is 0 Å². The zero-order valence-electron chi connectivity index (χ0n) is 11.8. The van der Waals surface area contributed by atoms with Crippen molar-refractivity contribution in [3.63, 3.8) is 0 Å². The van der Waals surface area contributed by atoms with Crippen LogP contribution >= 0.6 is 0 Å². The van der Waals surface area contributed by atoms with Crippen LogP contribution in [-0.2, 0) is 4.74 Å². The fraction of sp³-hybridized carbons (Fsp3) is 1.00. The van der Waals surface area contributed by atoms with E-state index in [1.807, 2.05) is 7.05 Å². The van der Waals surface area contributed by atoms with E-state index in [-0.39, 0.29) is 5.41 Å². The van der Waals surface area contributed by atoms with Crippen LogP contribution in [0, 0.1) is 5.41 Å². The van der Waals surface area contributed by atoms with E-state index in [2.05, 4.69) is 26.1 Å². The Morgan fingerprint density at radius 2 is 1.62 bits per heavy atom. The van der Waals surface area contributed by atoms with E-state index in [4.69, 9.17) is 4.74 Å². The Morgan fingerprint density at radius 1 is 1.00 bits per heavy atom. The second kappa shape index (κ2) is 10.1. The number of hydrogen-bond acceptors (Lipinski definition) is 2. The number of nitrogens with one attached hydrogen (secondary N) is 1. The van der Waals surface area contributed by atoms with E-state index in [1.54, 1.807) is 0 Å². The first kappa shape index (κ1) is 15.9. The molecule has 2 nitrogen and oxygen atoms in total. The van der Waals surface area contributed by atoms with Crippen molar-refractivity contribution in [3.8, 4) is 0 Å².